The second kappa shape index (κ2) is 7.81. The van der Waals surface area contributed by atoms with Crippen LogP contribution in [0.25, 0.3) is 11.0 Å². The van der Waals surface area contributed by atoms with E-state index in [-0.39, 0.29) is 6.61 Å². The van der Waals surface area contributed by atoms with Crippen LogP contribution in [0.3, 0.4) is 0 Å². The molecule has 0 aliphatic heterocycles. The molecule has 1 aromatic heterocycles. The summed E-state index contributed by atoms with van der Waals surface area (Å²) >= 11 is 0. The molecule has 0 bridgehead atoms. The standard InChI is InChI=1S/C24H20N2O3/c1-17-22(26-21-15-9-8-14-20(21)25-17)16-29-23(27)24(28,18-10-4-2-5-11-18)19-12-6-3-7-13-19/h2-15,28H,16H2,1H3. The Morgan fingerprint density at radius 3 is 1.86 bits per heavy atom. The maximum atomic E-state index is 13.1. The van der Waals surface area contributed by atoms with Crippen LogP contribution in [0, 0.1) is 6.92 Å². The number of para-hydroxylation sites is 2. The monoisotopic (exact) mass is 384 g/mol. The minimum Gasteiger partial charge on any atom is -0.456 e. The summed E-state index contributed by atoms with van der Waals surface area (Å²) in [5, 5.41) is 11.4. The molecule has 0 fully saturated rings. The van der Waals surface area contributed by atoms with E-state index in [4.69, 9.17) is 4.74 Å². The molecule has 3 aromatic carbocycles. The Kier molecular flexibility index (Phi) is 5.06. The molecule has 29 heavy (non-hydrogen) atoms. The van der Waals surface area contributed by atoms with Crippen molar-refractivity contribution in [1.82, 2.24) is 9.97 Å². The summed E-state index contributed by atoms with van der Waals surface area (Å²) in [4.78, 5) is 22.2. The van der Waals surface area contributed by atoms with Gasteiger partial charge in [0.05, 0.1) is 22.4 Å². The molecule has 0 aliphatic rings. The molecule has 0 atom stereocenters. The largest absolute Gasteiger partial charge is 0.456 e. The van der Waals surface area contributed by atoms with Crippen LogP contribution in [0.15, 0.2) is 84.9 Å². The second-order valence-electron chi connectivity index (χ2n) is 6.76. The average Bonchev–Trinajstić information content (AvgIpc) is 2.78. The van der Waals surface area contributed by atoms with Crippen LogP contribution in [0.2, 0.25) is 0 Å². The zero-order valence-corrected chi connectivity index (χ0v) is 15.9. The van der Waals surface area contributed by atoms with Gasteiger partial charge in [-0.1, -0.05) is 72.8 Å². The summed E-state index contributed by atoms with van der Waals surface area (Å²) in [5.41, 5.74) is 1.71. The summed E-state index contributed by atoms with van der Waals surface area (Å²) in [6.07, 6.45) is 0. The predicted molar refractivity (Wildman–Crippen MR) is 110 cm³/mol. The summed E-state index contributed by atoms with van der Waals surface area (Å²) < 4.78 is 5.54. The van der Waals surface area contributed by atoms with E-state index in [1.807, 2.05) is 43.3 Å². The Balaban J connectivity index is 1.65. The van der Waals surface area contributed by atoms with Gasteiger partial charge in [-0.3, -0.25) is 0 Å². The molecule has 4 aromatic rings. The van der Waals surface area contributed by atoms with Gasteiger partial charge in [-0.2, -0.15) is 0 Å². The zero-order chi connectivity index (χ0) is 20.3. The molecule has 144 valence electrons. The van der Waals surface area contributed by atoms with Gasteiger partial charge >= 0.3 is 5.97 Å². The van der Waals surface area contributed by atoms with Gasteiger partial charge in [-0.15, -0.1) is 0 Å². The van der Waals surface area contributed by atoms with Gasteiger partial charge in [0, 0.05) is 0 Å². The van der Waals surface area contributed by atoms with Crippen molar-refractivity contribution < 1.29 is 14.6 Å². The Bertz CT molecular complexity index is 1110. The summed E-state index contributed by atoms with van der Waals surface area (Å²) in [7, 11) is 0. The average molecular weight is 384 g/mol. The normalized spacial score (nSPS) is 11.4. The van der Waals surface area contributed by atoms with E-state index in [0.717, 1.165) is 11.0 Å². The van der Waals surface area contributed by atoms with Crippen molar-refractivity contribution in [3.63, 3.8) is 0 Å². The fourth-order valence-electron chi connectivity index (χ4n) is 3.26. The number of esters is 1. The highest BCUT2D eigenvalue weighted by Crippen LogP contribution is 2.31. The van der Waals surface area contributed by atoms with Gasteiger partial charge in [0.1, 0.15) is 6.61 Å². The number of aromatic nitrogens is 2. The molecule has 0 aliphatic carbocycles. The molecule has 1 N–H and O–H groups in total. The highest BCUT2D eigenvalue weighted by Gasteiger charge is 2.41. The second-order valence-corrected chi connectivity index (χ2v) is 6.76. The number of fused-ring (bicyclic) bond motifs is 1. The molecule has 0 saturated heterocycles. The Morgan fingerprint density at radius 1 is 0.828 bits per heavy atom. The van der Waals surface area contributed by atoms with E-state index in [0.29, 0.717) is 22.5 Å². The van der Waals surface area contributed by atoms with Crippen LogP contribution in [0.1, 0.15) is 22.5 Å². The molecule has 5 nitrogen and oxygen atoms in total. The molecular weight excluding hydrogens is 364 g/mol. The van der Waals surface area contributed by atoms with E-state index in [2.05, 4.69) is 9.97 Å². The van der Waals surface area contributed by atoms with Crippen molar-refractivity contribution in [1.29, 1.82) is 0 Å². The Labute approximate surface area is 168 Å². The third-order valence-corrected chi connectivity index (χ3v) is 4.86. The SMILES string of the molecule is Cc1nc2ccccc2nc1COC(=O)C(O)(c1ccccc1)c1ccccc1. The van der Waals surface area contributed by atoms with Gasteiger partial charge in [0.25, 0.3) is 0 Å². The van der Waals surface area contributed by atoms with Gasteiger partial charge in [0.15, 0.2) is 0 Å². The van der Waals surface area contributed by atoms with E-state index < -0.39 is 11.6 Å². The van der Waals surface area contributed by atoms with Crippen molar-refractivity contribution in [2.45, 2.75) is 19.1 Å². The number of ether oxygens (including phenoxy) is 1. The van der Waals surface area contributed by atoms with Crippen molar-refractivity contribution in [3.8, 4) is 0 Å². The van der Waals surface area contributed by atoms with Gasteiger partial charge in [-0.25, -0.2) is 14.8 Å². The van der Waals surface area contributed by atoms with Gasteiger partial charge in [-0.05, 0) is 30.2 Å². The highest BCUT2D eigenvalue weighted by atomic mass is 16.5. The molecule has 1 heterocycles. The number of carbonyl (C=O) groups excluding carboxylic acids is 1. The van der Waals surface area contributed by atoms with Crippen molar-refractivity contribution in [3.05, 3.63) is 107 Å². The predicted octanol–water partition coefficient (Wildman–Crippen LogP) is 3.92. The van der Waals surface area contributed by atoms with Crippen molar-refractivity contribution in [2.24, 2.45) is 0 Å². The van der Waals surface area contributed by atoms with Crippen LogP contribution >= 0.6 is 0 Å². The Morgan fingerprint density at radius 2 is 1.31 bits per heavy atom. The molecule has 5 heteroatoms. The first-order valence-electron chi connectivity index (χ1n) is 9.32. The third kappa shape index (κ3) is 3.60. The first-order chi connectivity index (χ1) is 14.1. The number of aliphatic hydroxyl groups is 1. The minimum atomic E-state index is -1.92. The minimum absolute atomic E-state index is 0.0789. The molecule has 0 radical (unpaired) electrons. The molecular formula is C24H20N2O3. The smallest absolute Gasteiger partial charge is 0.348 e. The first-order valence-corrected chi connectivity index (χ1v) is 9.32. The Hall–Kier alpha value is -3.57. The zero-order valence-electron chi connectivity index (χ0n) is 15.9. The lowest BCUT2D eigenvalue weighted by atomic mass is 9.86. The van der Waals surface area contributed by atoms with E-state index in [1.54, 1.807) is 48.5 Å². The lowest BCUT2D eigenvalue weighted by molar-refractivity contribution is -0.163. The van der Waals surface area contributed by atoms with Crippen LogP contribution in [-0.4, -0.2) is 21.0 Å². The maximum Gasteiger partial charge on any atom is 0.348 e. The number of hydrogen-bond acceptors (Lipinski definition) is 5. The van der Waals surface area contributed by atoms with Gasteiger partial charge in [0.2, 0.25) is 5.60 Å². The molecule has 0 spiro atoms. The number of aryl methyl sites for hydroxylation is 1. The fraction of sp³-hybridized carbons (Fsp3) is 0.125. The van der Waals surface area contributed by atoms with Crippen LogP contribution in [0.5, 0.6) is 0 Å². The summed E-state index contributed by atoms with van der Waals surface area (Å²) in [6, 6.07) is 25.1. The topological polar surface area (TPSA) is 72.3 Å². The third-order valence-electron chi connectivity index (χ3n) is 4.86. The lowest BCUT2D eigenvalue weighted by Gasteiger charge is -2.27. The molecule has 4 rings (SSSR count). The highest BCUT2D eigenvalue weighted by molar-refractivity contribution is 5.85. The maximum absolute atomic E-state index is 13.1. The quantitative estimate of drug-likeness (QED) is 0.528. The van der Waals surface area contributed by atoms with E-state index >= 15 is 0 Å². The number of hydrogen-bond donors (Lipinski definition) is 1. The van der Waals surface area contributed by atoms with Crippen LogP contribution in [0.4, 0.5) is 0 Å². The number of rotatable bonds is 5. The summed E-state index contributed by atoms with van der Waals surface area (Å²) in [6.45, 7) is 1.74. The molecule has 0 saturated carbocycles. The summed E-state index contributed by atoms with van der Waals surface area (Å²) in [5.74, 6) is -0.760. The lowest BCUT2D eigenvalue weighted by Crippen LogP contribution is -2.38. The first kappa shape index (κ1) is 18.8. The van der Waals surface area contributed by atoms with Crippen LogP contribution in [-0.2, 0) is 21.7 Å². The van der Waals surface area contributed by atoms with Crippen molar-refractivity contribution in [2.75, 3.05) is 0 Å². The number of nitrogens with zero attached hydrogens (tertiary/aromatic N) is 2. The molecule has 0 amide bonds. The van der Waals surface area contributed by atoms with Crippen molar-refractivity contribution >= 4 is 17.0 Å². The number of benzene rings is 3. The van der Waals surface area contributed by atoms with E-state index in [9.17, 15) is 9.90 Å². The van der Waals surface area contributed by atoms with Crippen LogP contribution < -0.4 is 0 Å². The fourth-order valence-corrected chi connectivity index (χ4v) is 3.26. The van der Waals surface area contributed by atoms with E-state index in [1.165, 1.54) is 0 Å². The van der Waals surface area contributed by atoms with Gasteiger partial charge < -0.3 is 9.84 Å². The number of carbonyl (C=O) groups is 1. The molecule has 0 unspecified atom stereocenters.